The van der Waals surface area contributed by atoms with Crippen LogP contribution in [0.5, 0.6) is 5.75 Å². The van der Waals surface area contributed by atoms with Gasteiger partial charge in [0.15, 0.2) is 0 Å². The number of benzene rings is 1. The van der Waals surface area contributed by atoms with Crippen molar-refractivity contribution in [1.82, 2.24) is 0 Å². The van der Waals surface area contributed by atoms with Crippen LogP contribution in [0.1, 0.15) is 12.0 Å². The molecule has 0 saturated heterocycles. The minimum atomic E-state index is -0.135. The summed E-state index contributed by atoms with van der Waals surface area (Å²) in [6.45, 7) is 0.501. The van der Waals surface area contributed by atoms with Crippen molar-refractivity contribution in [1.29, 1.82) is 0 Å². The van der Waals surface area contributed by atoms with Gasteiger partial charge in [-0.15, -0.1) is 0 Å². The van der Waals surface area contributed by atoms with E-state index in [2.05, 4.69) is 0 Å². The van der Waals surface area contributed by atoms with Crippen LogP contribution in [0.3, 0.4) is 0 Å². The molecule has 2 rings (SSSR count). The molecule has 15 heavy (non-hydrogen) atoms. The molecule has 1 amide bonds. The summed E-state index contributed by atoms with van der Waals surface area (Å²) in [6.07, 6.45) is 0.946. The molecule has 0 unspecified atom stereocenters. The summed E-state index contributed by atoms with van der Waals surface area (Å²) in [5, 5.41) is 18.0. The first kappa shape index (κ1) is 9.98. The van der Waals surface area contributed by atoms with Crippen molar-refractivity contribution >= 4 is 11.6 Å². The largest absolute Gasteiger partial charge is 0.508 e. The number of rotatable bonds is 2. The van der Waals surface area contributed by atoms with Gasteiger partial charge < -0.3 is 15.1 Å². The number of hydrogen-bond donors (Lipinski definition) is 2. The Kier molecular flexibility index (Phi) is 2.60. The number of hydrogen-bond acceptors (Lipinski definition) is 3. The van der Waals surface area contributed by atoms with Gasteiger partial charge in [0.1, 0.15) is 5.75 Å². The Bertz CT molecular complexity index is 389. The van der Waals surface area contributed by atoms with Gasteiger partial charge in [-0.1, -0.05) is 6.07 Å². The molecule has 0 aromatic heterocycles. The molecule has 1 aliphatic heterocycles. The van der Waals surface area contributed by atoms with E-state index in [0.717, 1.165) is 17.7 Å². The number of aromatic hydroxyl groups is 1. The number of phenolic OH excluding ortho intramolecular Hbond substituents is 1. The maximum absolute atomic E-state index is 11.6. The minimum absolute atomic E-state index is 0.0955. The standard InChI is InChI=1S/C11H13NO3/c13-6-4-11(15)12-5-3-8-1-2-9(14)7-10(8)12/h1-2,7,13-14H,3-6H2. The Labute approximate surface area is 87.8 Å². The smallest absolute Gasteiger partial charge is 0.229 e. The first-order valence-corrected chi connectivity index (χ1v) is 4.95. The fraction of sp³-hybridized carbons (Fsp3) is 0.364. The number of aliphatic hydroxyl groups is 1. The van der Waals surface area contributed by atoms with Crippen molar-refractivity contribution in [2.75, 3.05) is 18.1 Å². The molecule has 2 N–H and O–H groups in total. The van der Waals surface area contributed by atoms with Gasteiger partial charge in [-0.05, 0) is 18.1 Å². The van der Waals surface area contributed by atoms with E-state index in [1.807, 2.05) is 6.07 Å². The Hall–Kier alpha value is -1.55. The summed E-state index contributed by atoms with van der Waals surface area (Å²) in [6, 6.07) is 5.05. The Morgan fingerprint density at radius 2 is 2.27 bits per heavy atom. The van der Waals surface area contributed by atoms with Crippen LogP contribution in [0.15, 0.2) is 18.2 Å². The minimum Gasteiger partial charge on any atom is -0.508 e. The molecule has 1 aromatic carbocycles. The first-order valence-electron chi connectivity index (χ1n) is 4.95. The highest BCUT2D eigenvalue weighted by Gasteiger charge is 2.24. The third-order valence-electron chi connectivity index (χ3n) is 2.59. The van der Waals surface area contributed by atoms with E-state index in [0.29, 0.717) is 6.54 Å². The maximum atomic E-state index is 11.6. The van der Waals surface area contributed by atoms with Crippen LogP contribution >= 0.6 is 0 Å². The van der Waals surface area contributed by atoms with E-state index in [1.165, 1.54) is 0 Å². The number of carbonyl (C=O) groups excluding carboxylic acids is 1. The van der Waals surface area contributed by atoms with Crippen molar-refractivity contribution in [2.45, 2.75) is 12.8 Å². The predicted octanol–water partition coefficient (Wildman–Crippen LogP) is 0.664. The van der Waals surface area contributed by atoms with Crippen LogP contribution < -0.4 is 4.90 Å². The molecular formula is C11H13NO3. The van der Waals surface area contributed by atoms with Crippen molar-refractivity contribution in [3.05, 3.63) is 23.8 Å². The number of amides is 1. The van der Waals surface area contributed by atoms with Crippen LogP contribution in [0.25, 0.3) is 0 Å². The molecule has 1 aliphatic rings. The van der Waals surface area contributed by atoms with E-state index in [4.69, 9.17) is 5.11 Å². The predicted molar refractivity (Wildman–Crippen MR) is 55.9 cm³/mol. The van der Waals surface area contributed by atoms with E-state index >= 15 is 0 Å². The third-order valence-corrected chi connectivity index (χ3v) is 2.59. The molecule has 4 heteroatoms. The Morgan fingerprint density at radius 3 is 3.00 bits per heavy atom. The van der Waals surface area contributed by atoms with E-state index in [9.17, 15) is 9.90 Å². The van der Waals surface area contributed by atoms with E-state index in [-0.39, 0.29) is 24.7 Å². The second kappa shape index (κ2) is 3.90. The van der Waals surface area contributed by atoms with Gasteiger partial charge in [0.05, 0.1) is 18.7 Å². The monoisotopic (exact) mass is 207 g/mol. The molecule has 4 nitrogen and oxygen atoms in total. The summed E-state index contributed by atoms with van der Waals surface area (Å²) >= 11 is 0. The second-order valence-electron chi connectivity index (χ2n) is 3.58. The average molecular weight is 207 g/mol. The topological polar surface area (TPSA) is 60.8 Å². The maximum Gasteiger partial charge on any atom is 0.229 e. The highest BCUT2D eigenvalue weighted by Crippen LogP contribution is 2.31. The summed E-state index contributed by atoms with van der Waals surface area (Å²) in [7, 11) is 0. The zero-order valence-electron chi connectivity index (χ0n) is 8.31. The Balaban J connectivity index is 2.27. The third kappa shape index (κ3) is 1.80. The molecule has 0 saturated carbocycles. The lowest BCUT2D eigenvalue weighted by molar-refractivity contribution is -0.119. The highest BCUT2D eigenvalue weighted by atomic mass is 16.3. The van der Waals surface area contributed by atoms with Gasteiger partial charge in [-0.25, -0.2) is 0 Å². The van der Waals surface area contributed by atoms with Crippen LogP contribution in [0.4, 0.5) is 5.69 Å². The van der Waals surface area contributed by atoms with Gasteiger partial charge in [-0.3, -0.25) is 4.79 Å². The molecule has 1 aromatic rings. The second-order valence-corrected chi connectivity index (χ2v) is 3.58. The van der Waals surface area contributed by atoms with E-state index in [1.54, 1.807) is 17.0 Å². The Morgan fingerprint density at radius 1 is 1.47 bits per heavy atom. The van der Waals surface area contributed by atoms with Crippen molar-refractivity contribution in [3.63, 3.8) is 0 Å². The molecule has 80 valence electrons. The van der Waals surface area contributed by atoms with Crippen LogP contribution in [-0.4, -0.2) is 29.3 Å². The van der Waals surface area contributed by atoms with Crippen LogP contribution in [0, 0.1) is 0 Å². The van der Waals surface area contributed by atoms with Gasteiger partial charge in [0.25, 0.3) is 0 Å². The molecular weight excluding hydrogens is 194 g/mol. The lowest BCUT2D eigenvalue weighted by atomic mass is 10.1. The fourth-order valence-electron chi connectivity index (χ4n) is 1.86. The van der Waals surface area contributed by atoms with Gasteiger partial charge in [-0.2, -0.15) is 0 Å². The molecule has 0 atom stereocenters. The van der Waals surface area contributed by atoms with Gasteiger partial charge in [0.2, 0.25) is 5.91 Å². The summed E-state index contributed by atoms with van der Waals surface area (Å²) in [4.78, 5) is 13.2. The molecule has 0 fully saturated rings. The molecule has 0 spiro atoms. The number of anilines is 1. The van der Waals surface area contributed by atoms with E-state index < -0.39 is 0 Å². The number of aliphatic hydroxyl groups excluding tert-OH is 1. The molecule has 0 bridgehead atoms. The molecule has 0 radical (unpaired) electrons. The molecule has 0 aliphatic carbocycles. The van der Waals surface area contributed by atoms with Gasteiger partial charge in [0, 0.05) is 12.6 Å². The SMILES string of the molecule is O=C(CCO)N1CCc2ccc(O)cc21. The summed E-state index contributed by atoms with van der Waals surface area (Å²) in [5.74, 6) is 0.0688. The van der Waals surface area contributed by atoms with Crippen molar-refractivity contribution < 1.29 is 15.0 Å². The zero-order valence-corrected chi connectivity index (χ0v) is 8.31. The summed E-state index contributed by atoms with van der Waals surface area (Å²) in [5.41, 5.74) is 1.84. The average Bonchev–Trinajstić information content (AvgIpc) is 2.60. The van der Waals surface area contributed by atoms with Crippen LogP contribution in [0.2, 0.25) is 0 Å². The zero-order chi connectivity index (χ0) is 10.8. The fourth-order valence-corrected chi connectivity index (χ4v) is 1.86. The quantitative estimate of drug-likeness (QED) is 0.749. The van der Waals surface area contributed by atoms with Gasteiger partial charge >= 0.3 is 0 Å². The van der Waals surface area contributed by atoms with Crippen molar-refractivity contribution in [2.24, 2.45) is 0 Å². The number of carbonyl (C=O) groups is 1. The number of fused-ring (bicyclic) bond motifs is 1. The molecule has 1 heterocycles. The lowest BCUT2D eigenvalue weighted by Gasteiger charge is -2.16. The summed E-state index contributed by atoms with van der Waals surface area (Å²) < 4.78 is 0. The number of phenols is 1. The van der Waals surface area contributed by atoms with Crippen molar-refractivity contribution in [3.8, 4) is 5.75 Å². The first-order chi connectivity index (χ1) is 7.22. The number of nitrogens with zero attached hydrogens (tertiary/aromatic N) is 1. The van der Waals surface area contributed by atoms with Crippen LogP contribution in [-0.2, 0) is 11.2 Å². The highest BCUT2D eigenvalue weighted by molar-refractivity contribution is 5.95. The lowest BCUT2D eigenvalue weighted by Crippen LogP contribution is -2.29. The normalized spacial score (nSPS) is 14.1.